The number of benzene rings is 1. The van der Waals surface area contributed by atoms with Crippen LogP contribution in [0.3, 0.4) is 0 Å². The van der Waals surface area contributed by atoms with E-state index in [1.165, 1.54) is 69.5 Å². The number of aromatic nitrogens is 5. The molecule has 9 nitrogen and oxygen atoms in total. The molecule has 0 aliphatic heterocycles. The van der Waals surface area contributed by atoms with Crippen molar-refractivity contribution < 1.29 is 29.4 Å². The summed E-state index contributed by atoms with van der Waals surface area (Å²) in [4.78, 5) is 33.5. The summed E-state index contributed by atoms with van der Waals surface area (Å²) in [5, 5.41) is 31.5. The molecule has 0 saturated carbocycles. The number of aromatic carboxylic acids is 1. The molecule has 9 rings (SSSR count). The minimum atomic E-state index is -0.963. The third-order valence-electron chi connectivity index (χ3n) is 7.85. The van der Waals surface area contributed by atoms with Crippen LogP contribution < -0.4 is 0 Å². The molecule has 15 heteroatoms. The van der Waals surface area contributed by atoms with Gasteiger partial charge in [0.2, 0.25) is 0 Å². The van der Waals surface area contributed by atoms with Gasteiger partial charge in [0.1, 0.15) is 10.7 Å². The van der Waals surface area contributed by atoms with E-state index in [4.69, 9.17) is 20.9 Å². The average molecular weight is 909 g/mol. The number of hydrogen-bond acceptors (Lipinski definition) is 10. The molecule has 0 atom stereocenters. The summed E-state index contributed by atoms with van der Waals surface area (Å²) in [6.07, 6.45) is 6.83. The molecule has 0 spiro atoms. The molecule has 0 fully saturated rings. The molecule has 56 heavy (non-hydrogen) atoms. The summed E-state index contributed by atoms with van der Waals surface area (Å²) in [5.41, 5.74) is 5.51. The summed E-state index contributed by atoms with van der Waals surface area (Å²) >= 11 is 12.9. The van der Waals surface area contributed by atoms with E-state index in [2.05, 4.69) is 116 Å². The maximum absolute atomic E-state index is 10.7. The number of hydrogen-bond donors (Lipinski definition) is 1. The van der Waals surface area contributed by atoms with Gasteiger partial charge in [-0.25, -0.2) is 4.79 Å². The molecule has 8 aromatic heterocycles. The van der Waals surface area contributed by atoms with Gasteiger partial charge in [0.25, 0.3) is 0 Å². The zero-order chi connectivity index (χ0) is 38.6. The van der Waals surface area contributed by atoms with Crippen molar-refractivity contribution in [3.8, 4) is 47.3 Å². The molecule has 0 radical (unpaired) electrons. The topological polar surface area (TPSA) is 138 Å². The number of carboxylic acid groups (broad SMARTS) is 1. The molecule has 1 aromatic carbocycles. The van der Waals surface area contributed by atoms with Crippen LogP contribution in [0.15, 0.2) is 145 Å². The van der Waals surface area contributed by atoms with Gasteiger partial charge in [-0.1, -0.05) is 60.8 Å². The first-order chi connectivity index (χ1) is 27.0. The Hall–Kier alpha value is -5.59. The third-order valence-corrected chi connectivity index (χ3v) is 11.3. The first-order valence-electron chi connectivity index (χ1n) is 16.1. The van der Waals surface area contributed by atoms with Gasteiger partial charge >= 0.3 is 25.4 Å². The van der Waals surface area contributed by atoms with Crippen LogP contribution in [0.25, 0.3) is 79.9 Å². The normalized spacial score (nSPS) is 9.93. The average Bonchev–Trinajstić information content (AvgIpc) is 4.06. The van der Waals surface area contributed by atoms with Gasteiger partial charge in [-0.15, -0.1) is 34.0 Å². The van der Waals surface area contributed by atoms with Crippen LogP contribution in [-0.2, 0) is 19.5 Å². The van der Waals surface area contributed by atoms with Gasteiger partial charge < -0.3 is 15.9 Å². The Morgan fingerprint density at radius 3 is 1.89 bits per heavy atom. The number of fused-ring (bicyclic) bond motifs is 3. The minimum Gasteiger partial charge on any atom is -0.753 e. The second-order valence-electron chi connectivity index (χ2n) is 11.0. The van der Waals surface area contributed by atoms with Crippen molar-refractivity contribution in [3.63, 3.8) is 0 Å². The standard InChI is InChI=1S/C28H17N3S3.C11H8N2O2.2CNS.Ru/c1-2-8-21-18(6-1)19-14-16-30-27(20-7-3-4-15-29-20)28(19)31(21)26-13-12-25(34-26)24-11-10-23(33-24)22-9-5-17-32-22;14-11(15)8-4-6-13-10(7-8)9-3-1-2-5-12-9;2*2-1-3;/h1-17H;1-7H,(H,14,15);;;/q;;2*-1;+2. The number of carbonyl (C=O) groups is 1. The SMILES string of the molecule is O=C(O)c1ccnc(-c2ccccn2)c1.[N-]=C=S.[N-]=C=S.[Ru+2].c1ccc(-c2nccc3c4ccccc4n(-c4ccc(-c5ccc(-c6cccs6)s5)s4)c23)nc1. The van der Waals surface area contributed by atoms with E-state index in [1.807, 2.05) is 59.3 Å². The summed E-state index contributed by atoms with van der Waals surface area (Å²) in [7, 11) is 0. The fraction of sp³-hybridized carbons (Fsp3) is 0. The molecule has 0 aliphatic carbocycles. The van der Waals surface area contributed by atoms with Crippen molar-refractivity contribution in [1.82, 2.24) is 24.5 Å². The molecule has 8 heterocycles. The van der Waals surface area contributed by atoms with Crippen LogP contribution >= 0.6 is 58.4 Å². The quantitative estimate of drug-likeness (QED) is 0.0988. The Kier molecular flexibility index (Phi) is 15.1. The second kappa shape index (κ2) is 20.4. The molecular formula is C41H25N7O2RuS5. The van der Waals surface area contributed by atoms with Crippen LogP contribution in [0.4, 0.5) is 0 Å². The predicted molar refractivity (Wildman–Crippen MR) is 233 cm³/mol. The molecule has 9 aromatic rings. The number of para-hydroxylation sites is 1. The number of rotatable bonds is 6. The van der Waals surface area contributed by atoms with Crippen molar-refractivity contribution in [2.75, 3.05) is 0 Å². The largest absolute Gasteiger partial charge is 2.00 e. The van der Waals surface area contributed by atoms with E-state index in [0.717, 1.165) is 16.9 Å². The summed E-state index contributed by atoms with van der Waals surface area (Å²) < 4.78 is 2.35. The zero-order valence-corrected chi connectivity index (χ0v) is 34.6. The maximum atomic E-state index is 10.7. The van der Waals surface area contributed by atoms with Crippen molar-refractivity contribution in [2.45, 2.75) is 0 Å². The van der Waals surface area contributed by atoms with E-state index >= 15 is 0 Å². The molecule has 0 aliphatic rings. The molecule has 1 N–H and O–H groups in total. The smallest absolute Gasteiger partial charge is 0.753 e. The number of pyridine rings is 4. The summed E-state index contributed by atoms with van der Waals surface area (Å²) in [6, 6.07) is 38.3. The number of nitrogens with zero attached hydrogens (tertiary/aromatic N) is 7. The number of isothiocyanates is 2. The molecule has 0 amide bonds. The van der Waals surface area contributed by atoms with Crippen molar-refractivity contribution >= 4 is 96.5 Å². The maximum Gasteiger partial charge on any atom is 2.00 e. The van der Waals surface area contributed by atoms with E-state index in [9.17, 15) is 4.79 Å². The van der Waals surface area contributed by atoms with Crippen molar-refractivity contribution in [1.29, 1.82) is 0 Å². The molecule has 0 bridgehead atoms. The minimum absolute atomic E-state index is 0. The van der Waals surface area contributed by atoms with Crippen LogP contribution in [-0.4, -0.2) is 45.9 Å². The van der Waals surface area contributed by atoms with E-state index in [-0.39, 0.29) is 25.0 Å². The van der Waals surface area contributed by atoms with Crippen LogP contribution in [0.2, 0.25) is 0 Å². The van der Waals surface area contributed by atoms with Gasteiger partial charge in [0.15, 0.2) is 0 Å². The first kappa shape index (κ1) is 41.6. The summed E-state index contributed by atoms with van der Waals surface area (Å²) in [6.45, 7) is 0. The summed E-state index contributed by atoms with van der Waals surface area (Å²) in [5.74, 6) is -0.963. The Labute approximate surface area is 356 Å². The zero-order valence-electron chi connectivity index (χ0n) is 28.7. The monoisotopic (exact) mass is 909 g/mol. The van der Waals surface area contributed by atoms with Gasteiger partial charge in [-0.2, -0.15) is 10.3 Å². The Balaban J connectivity index is 0.000000228. The van der Waals surface area contributed by atoms with Gasteiger partial charge in [0, 0.05) is 55.1 Å². The molecular weight excluding hydrogens is 884 g/mol. The Morgan fingerprint density at radius 2 is 1.23 bits per heavy atom. The number of carboxylic acids is 1. The van der Waals surface area contributed by atoms with Gasteiger partial charge in [-0.3, -0.25) is 24.5 Å². The number of thiocarbonyl (C=S) groups is 2. The molecule has 274 valence electrons. The fourth-order valence-corrected chi connectivity index (χ4v) is 8.61. The van der Waals surface area contributed by atoms with E-state index in [1.54, 1.807) is 29.7 Å². The van der Waals surface area contributed by atoms with E-state index in [0.29, 0.717) is 11.4 Å². The number of thiophene rings is 3. The Bertz CT molecular complexity index is 2740. The van der Waals surface area contributed by atoms with Crippen LogP contribution in [0, 0.1) is 0 Å². The predicted octanol–water partition coefficient (Wildman–Crippen LogP) is 11.9. The van der Waals surface area contributed by atoms with Gasteiger partial charge in [0.05, 0.1) is 33.7 Å². The van der Waals surface area contributed by atoms with Crippen molar-refractivity contribution in [2.24, 2.45) is 0 Å². The Morgan fingerprint density at radius 1 is 0.625 bits per heavy atom. The fourth-order valence-electron chi connectivity index (χ4n) is 5.65. The third kappa shape index (κ3) is 9.61. The van der Waals surface area contributed by atoms with E-state index < -0.39 is 5.97 Å². The first-order valence-corrected chi connectivity index (χ1v) is 19.5. The molecule has 0 unspecified atom stereocenters. The second-order valence-corrected chi connectivity index (χ2v) is 14.5. The van der Waals surface area contributed by atoms with Crippen LogP contribution in [0.5, 0.6) is 0 Å². The van der Waals surface area contributed by atoms with Crippen LogP contribution in [0.1, 0.15) is 10.4 Å². The molecule has 0 saturated heterocycles. The van der Waals surface area contributed by atoms with Gasteiger partial charge in [-0.05, 0) is 84.2 Å². The van der Waals surface area contributed by atoms with Crippen molar-refractivity contribution in [3.05, 3.63) is 162 Å².